The molecule has 0 aliphatic rings. The van der Waals surface area contributed by atoms with Gasteiger partial charge in [-0.2, -0.15) is 8.42 Å². The third-order valence-electron chi connectivity index (χ3n) is 4.89. The fourth-order valence-electron chi connectivity index (χ4n) is 3.12. The van der Waals surface area contributed by atoms with Crippen molar-refractivity contribution in [3.05, 3.63) is 54.6 Å². The Kier molecular flexibility index (Phi) is 10.2. The Labute approximate surface area is 199 Å². The Hall–Kier alpha value is -3.24. The van der Waals surface area contributed by atoms with Crippen LogP contribution in [-0.2, 0) is 34.0 Å². The molecule has 0 heterocycles. The summed E-state index contributed by atoms with van der Waals surface area (Å²) < 4.78 is 40.7. The lowest BCUT2D eigenvalue weighted by Crippen LogP contribution is -2.24. The minimum absolute atomic E-state index is 0.0215. The number of para-hydroxylation sites is 2. The summed E-state index contributed by atoms with van der Waals surface area (Å²) in [5.74, 6) is -1.39. The number of ketones is 1. The van der Waals surface area contributed by atoms with E-state index in [1.165, 1.54) is 44.4 Å². The number of rotatable bonds is 13. The highest BCUT2D eigenvalue weighted by atomic mass is 32.2. The van der Waals surface area contributed by atoms with Crippen LogP contribution in [0.25, 0.3) is 0 Å². The van der Waals surface area contributed by atoms with Crippen molar-refractivity contribution in [2.24, 2.45) is 5.92 Å². The molecule has 1 amide bonds. The van der Waals surface area contributed by atoms with Gasteiger partial charge in [-0.3, -0.25) is 4.79 Å². The predicted molar refractivity (Wildman–Crippen MR) is 125 cm³/mol. The summed E-state index contributed by atoms with van der Waals surface area (Å²) in [7, 11) is -2.82. The van der Waals surface area contributed by atoms with Crippen molar-refractivity contribution in [3.63, 3.8) is 0 Å². The standard InChI is InChI=1S/C24H29NO8S/c1-17(26)15-19(13-14-32-24(28)18(2)31-3)16-23(27)25-21-11-7-8-12-22(21)34(29,30)33-20-9-5-4-6-10-20/h4-12,18-19H,13-16H2,1-3H3,(H,25,27). The van der Waals surface area contributed by atoms with Gasteiger partial charge in [0.05, 0.1) is 12.3 Å². The van der Waals surface area contributed by atoms with Gasteiger partial charge in [-0.1, -0.05) is 30.3 Å². The molecule has 0 aliphatic carbocycles. The summed E-state index contributed by atoms with van der Waals surface area (Å²) in [6.45, 7) is 2.98. The number of benzene rings is 2. The van der Waals surface area contributed by atoms with E-state index in [1.54, 1.807) is 31.2 Å². The van der Waals surface area contributed by atoms with E-state index in [4.69, 9.17) is 13.7 Å². The molecule has 0 radical (unpaired) electrons. The van der Waals surface area contributed by atoms with Crippen LogP contribution >= 0.6 is 0 Å². The van der Waals surface area contributed by atoms with Crippen LogP contribution in [0.3, 0.4) is 0 Å². The van der Waals surface area contributed by atoms with Gasteiger partial charge in [-0.25, -0.2) is 4.79 Å². The molecule has 10 heteroatoms. The molecule has 0 saturated heterocycles. The zero-order valence-corrected chi connectivity index (χ0v) is 20.2. The number of carbonyl (C=O) groups is 3. The van der Waals surface area contributed by atoms with E-state index in [1.807, 2.05) is 0 Å². The van der Waals surface area contributed by atoms with Gasteiger partial charge in [0.15, 0.2) is 6.10 Å². The van der Waals surface area contributed by atoms with E-state index in [0.717, 1.165) is 0 Å². The number of methoxy groups -OCH3 is 1. The second-order valence-corrected chi connectivity index (χ2v) is 9.22. The van der Waals surface area contributed by atoms with Gasteiger partial charge in [0.25, 0.3) is 0 Å². The summed E-state index contributed by atoms with van der Waals surface area (Å²) in [6.07, 6.45) is -0.384. The zero-order chi connectivity index (χ0) is 25.1. The molecule has 2 aromatic carbocycles. The summed E-state index contributed by atoms with van der Waals surface area (Å²) in [6, 6.07) is 13.9. The van der Waals surface area contributed by atoms with Crippen LogP contribution in [0.15, 0.2) is 59.5 Å². The largest absolute Gasteiger partial charge is 0.464 e. The molecule has 0 saturated carbocycles. The maximum Gasteiger partial charge on any atom is 0.341 e. The fourth-order valence-corrected chi connectivity index (χ4v) is 4.21. The first-order valence-electron chi connectivity index (χ1n) is 10.7. The molecule has 9 nitrogen and oxygen atoms in total. The highest BCUT2D eigenvalue weighted by Gasteiger charge is 2.23. The van der Waals surface area contributed by atoms with E-state index >= 15 is 0 Å². The van der Waals surface area contributed by atoms with Crippen molar-refractivity contribution in [3.8, 4) is 5.75 Å². The molecule has 2 aromatic rings. The summed E-state index contributed by atoms with van der Waals surface area (Å²) >= 11 is 0. The van der Waals surface area contributed by atoms with Crippen molar-refractivity contribution >= 4 is 33.5 Å². The fraction of sp³-hybridized carbons (Fsp3) is 0.375. The molecule has 184 valence electrons. The monoisotopic (exact) mass is 491 g/mol. The maximum absolute atomic E-state index is 12.8. The van der Waals surface area contributed by atoms with Crippen molar-refractivity contribution < 1.29 is 36.5 Å². The normalized spacial score (nSPS) is 12.9. The van der Waals surface area contributed by atoms with Crippen LogP contribution in [0.5, 0.6) is 5.75 Å². The Bertz CT molecular complexity index is 1090. The van der Waals surface area contributed by atoms with Crippen LogP contribution in [0.4, 0.5) is 5.69 Å². The van der Waals surface area contributed by atoms with Crippen molar-refractivity contribution in [1.29, 1.82) is 0 Å². The van der Waals surface area contributed by atoms with Gasteiger partial charge in [-0.15, -0.1) is 0 Å². The quantitative estimate of drug-likeness (QED) is 0.334. The molecule has 2 atom stereocenters. The lowest BCUT2D eigenvalue weighted by atomic mass is 9.95. The van der Waals surface area contributed by atoms with Gasteiger partial charge >= 0.3 is 16.1 Å². The Balaban J connectivity index is 2.07. The molecule has 0 aliphatic heterocycles. The zero-order valence-electron chi connectivity index (χ0n) is 19.4. The van der Waals surface area contributed by atoms with Crippen LogP contribution in [0.1, 0.15) is 33.1 Å². The van der Waals surface area contributed by atoms with Gasteiger partial charge < -0.3 is 23.8 Å². The molecule has 0 spiro atoms. The number of esters is 1. The number of hydrogen-bond acceptors (Lipinski definition) is 8. The molecule has 0 fully saturated rings. The Morgan fingerprint density at radius 3 is 2.26 bits per heavy atom. The van der Waals surface area contributed by atoms with E-state index in [9.17, 15) is 22.8 Å². The van der Waals surface area contributed by atoms with E-state index in [-0.39, 0.29) is 48.0 Å². The summed E-state index contributed by atoms with van der Waals surface area (Å²) in [5.41, 5.74) is 0.0605. The highest BCUT2D eigenvalue weighted by Crippen LogP contribution is 2.26. The molecule has 0 aromatic heterocycles. The number of anilines is 1. The van der Waals surface area contributed by atoms with Crippen LogP contribution in [0, 0.1) is 5.92 Å². The van der Waals surface area contributed by atoms with E-state index in [2.05, 4.69) is 5.32 Å². The van der Waals surface area contributed by atoms with Crippen molar-refractivity contribution in [2.45, 2.75) is 44.1 Å². The maximum atomic E-state index is 12.8. The van der Waals surface area contributed by atoms with Gasteiger partial charge in [-0.05, 0) is 50.5 Å². The molecular formula is C24H29NO8S. The summed E-state index contributed by atoms with van der Waals surface area (Å²) in [4.78, 5) is 35.9. The van der Waals surface area contributed by atoms with Gasteiger partial charge in [0.2, 0.25) is 5.91 Å². The second-order valence-electron chi connectivity index (χ2n) is 7.71. The number of carbonyl (C=O) groups excluding carboxylic acids is 3. The molecule has 2 rings (SSSR count). The first-order chi connectivity index (χ1) is 16.1. The highest BCUT2D eigenvalue weighted by molar-refractivity contribution is 7.87. The van der Waals surface area contributed by atoms with E-state index in [0.29, 0.717) is 0 Å². The van der Waals surface area contributed by atoms with Crippen molar-refractivity contribution in [2.75, 3.05) is 19.0 Å². The smallest absolute Gasteiger partial charge is 0.341 e. The second kappa shape index (κ2) is 12.9. The Morgan fingerprint density at radius 1 is 0.971 bits per heavy atom. The lowest BCUT2D eigenvalue weighted by Gasteiger charge is -2.17. The van der Waals surface area contributed by atoms with Gasteiger partial charge in [0.1, 0.15) is 16.4 Å². The number of ether oxygens (including phenoxy) is 2. The third-order valence-corrected chi connectivity index (χ3v) is 6.19. The van der Waals surface area contributed by atoms with Crippen LogP contribution in [0.2, 0.25) is 0 Å². The number of Topliss-reactive ketones (excluding diaryl/α,β-unsaturated/α-hetero) is 1. The number of hydrogen-bond donors (Lipinski definition) is 1. The van der Waals surface area contributed by atoms with Crippen LogP contribution in [-0.4, -0.2) is 45.9 Å². The predicted octanol–water partition coefficient (Wildman–Crippen LogP) is 3.35. The molecule has 34 heavy (non-hydrogen) atoms. The average Bonchev–Trinajstić information content (AvgIpc) is 2.78. The minimum Gasteiger partial charge on any atom is -0.464 e. The average molecular weight is 492 g/mol. The molecule has 1 N–H and O–H groups in total. The first kappa shape index (κ1) is 27.0. The number of nitrogens with one attached hydrogen (secondary N) is 1. The first-order valence-corrected chi connectivity index (χ1v) is 12.1. The summed E-state index contributed by atoms with van der Waals surface area (Å²) in [5, 5.41) is 2.60. The molecule has 0 bridgehead atoms. The topological polar surface area (TPSA) is 125 Å². The number of amides is 1. The third kappa shape index (κ3) is 8.60. The molecule has 2 unspecified atom stereocenters. The molecular weight excluding hydrogens is 462 g/mol. The lowest BCUT2D eigenvalue weighted by molar-refractivity contribution is -0.154. The minimum atomic E-state index is -4.21. The van der Waals surface area contributed by atoms with E-state index < -0.39 is 34.0 Å². The van der Waals surface area contributed by atoms with Gasteiger partial charge in [0, 0.05) is 20.0 Å². The SMILES string of the molecule is COC(C)C(=O)OCCC(CC(C)=O)CC(=O)Nc1ccccc1S(=O)(=O)Oc1ccccc1. The Morgan fingerprint density at radius 2 is 1.62 bits per heavy atom. The van der Waals surface area contributed by atoms with Crippen LogP contribution < -0.4 is 9.50 Å². The van der Waals surface area contributed by atoms with Crippen molar-refractivity contribution in [1.82, 2.24) is 0 Å².